The van der Waals surface area contributed by atoms with E-state index in [4.69, 9.17) is 5.73 Å². The molecule has 0 fully saturated rings. The van der Waals surface area contributed by atoms with E-state index in [0.717, 1.165) is 39.2 Å². The van der Waals surface area contributed by atoms with Crippen LogP contribution in [0.3, 0.4) is 0 Å². The number of nitrogens with zero attached hydrogens (tertiary/aromatic N) is 1. The minimum atomic E-state index is -0.437. The zero-order chi connectivity index (χ0) is 20.0. The third-order valence-electron chi connectivity index (χ3n) is 5.25. The Morgan fingerprint density at radius 2 is 1.78 bits per heavy atom. The molecule has 0 spiro atoms. The van der Waals surface area contributed by atoms with Gasteiger partial charge in [-0.2, -0.15) is 0 Å². The molecule has 1 aliphatic heterocycles. The molecule has 2 N–H and O–H groups in total. The number of anilines is 3. The van der Waals surface area contributed by atoms with Crippen LogP contribution < -0.4 is 10.6 Å². The molecule has 0 saturated heterocycles. The Morgan fingerprint density at radius 3 is 2.37 bits per heavy atom. The van der Waals surface area contributed by atoms with E-state index >= 15 is 0 Å². The van der Waals surface area contributed by atoms with Crippen molar-refractivity contribution in [1.29, 1.82) is 0 Å². The van der Waals surface area contributed by atoms with Crippen LogP contribution in [-0.2, 0) is 6.42 Å². The van der Waals surface area contributed by atoms with E-state index in [9.17, 15) is 8.78 Å². The van der Waals surface area contributed by atoms with E-state index < -0.39 is 5.82 Å². The van der Waals surface area contributed by atoms with E-state index in [1.165, 1.54) is 12.1 Å². The van der Waals surface area contributed by atoms with Gasteiger partial charge >= 0.3 is 0 Å². The Balaban J connectivity index is 2.39. The average Bonchev–Trinajstić information content (AvgIpc) is 2.62. The van der Waals surface area contributed by atoms with Gasteiger partial charge in [0, 0.05) is 17.3 Å². The average molecular weight is 366 g/mol. The third kappa shape index (κ3) is 2.95. The van der Waals surface area contributed by atoms with Gasteiger partial charge in [-0.25, -0.2) is 8.78 Å². The second-order valence-electron chi connectivity index (χ2n) is 7.03. The van der Waals surface area contributed by atoms with E-state index in [2.05, 4.69) is 13.2 Å². The highest BCUT2D eigenvalue weighted by atomic mass is 19.1. The smallest absolute Gasteiger partial charge is 0.146 e. The van der Waals surface area contributed by atoms with Crippen molar-refractivity contribution < 1.29 is 8.78 Å². The lowest BCUT2D eigenvalue weighted by Gasteiger charge is -2.34. The summed E-state index contributed by atoms with van der Waals surface area (Å²) < 4.78 is 28.5. The predicted octanol–water partition coefficient (Wildman–Crippen LogP) is 6.35. The Labute approximate surface area is 159 Å². The molecule has 2 aromatic rings. The van der Waals surface area contributed by atoms with Crippen LogP contribution in [0.15, 0.2) is 48.7 Å². The fraction of sp³-hybridized carbons (Fsp3) is 0.217. The number of hydrogen-bond acceptors (Lipinski definition) is 2. The molecule has 3 rings (SSSR count). The summed E-state index contributed by atoms with van der Waals surface area (Å²) in [6.07, 6.45) is 2.57. The van der Waals surface area contributed by atoms with Gasteiger partial charge in [0.15, 0.2) is 0 Å². The highest BCUT2D eigenvalue weighted by Gasteiger charge is 2.28. The Morgan fingerprint density at radius 1 is 1.11 bits per heavy atom. The lowest BCUT2D eigenvalue weighted by Crippen LogP contribution is -2.21. The number of aryl methyl sites for hydroxylation is 1. The standard InChI is InChI=1S/C23H24F2N2/c1-7-16-8-20(25)21(26)10-22(16)27-11-18(12(2)3)15(6)17-9-19(24)13(4)14(5)23(17)27/h8-11H,2,6-7,26H2,1,3-5H3. The number of nitrogen functional groups attached to an aromatic ring is 1. The Hall–Kier alpha value is -2.88. The molecular formula is C23H24F2N2. The lowest BCUT2D eigenvalue weighted by atomic mass is 9.87. The fourth-order valence-electron chi connectivity index (χ4n) is 3.50. The Kier molecular flexibility index (Phi) is 4.68. The summed E-state index contributed by atoms with van der Waals surface area (Å²) in [5, 5.41) is 0. The highest BCUT2D eigenvalue weighted by molar-refractivity contribution is 5.96. The molecule has 140 valence electrons. The van der Waals surface area contributed by atoms with Gasteiger partial charge in [-0.3, -0.25) is 0 Å². The highest BCUT2D eigenvalue weighted by Crippen LogP contribution is 2.46. The van der Waals surface area contributed by atoms with Gasteiger partial charge in [-0.1, -0.05) is 20.1 Å². The van der Waals surface area contributed by atoms with Crippen LogP contribution >= 0.6 is 0 Å². The first-order valence-electron chi connectivity index (χ1n) is 8.91. The molecule has 0 saturated carbocycles. The Bertz CT molecular complexity index is 1020. The van der Waals surface area contributed by atoms with E-state index in [0.29, 0.717) is 17.5 Å². The monoisotopic (exact) mass is 366 g/mol. The van der Waals surface area contributed by atoms with Crippen LogP contribution in [0.2, 0.25) is 0 Å². The summed E-state index contributed by atoms with van der Waals surface area (Å²) in [6.45, 7) is 15.7. The summed E-state index contributed by atoms with van der Waals surface area (Å²) in [7, 11) is 0. The number of nitrogens with two attached hydrogens (primary N) is 1. The normalized spacial score (nSPS) is 13.5. The minimum Gasteiger partial charge on any atom is -0.396 e. The van der Waals surface area contributed by atoms with Crippen molar-refractivity contribution in [2.75, 3.05) is 10.6 Å². The van der Waals surface area contributed by atoms with Gasteiger partial charge in [0.25, 0.3) is 0 Å². The minimum absolute atomic E-state index is 0.0786. The molecule has 1 heterocycles. The molecule has 0 bridgehead atoms. The van der Waals surface area contributed by atoms with Crippen molar-refractivity contribution in [1.82, 2.24) is 0 Å². The molecule has 2 nitrogen and oxygen atoms in total. The van der Waals surface area contributed by atoms with Crippen LogP contribution in [-0.4, -0.2) is 0 Å². The molecule has 0 radical (unpaired) electrons. The topological polar surface area (TPSA) is 29.3 Å². The summed E-state index contributed by atoms with van der Waals surface area (Å²) in [5.41, 5.74) is 12.9. The predicted molar refractivity (Wildman–Crippen MR) is 110 cm³/mol. The van der Waals surface area contributed by atoms with Crippen LogP contribution in [0.1, 0.15) is 36.1 Å². The zero-order valence-electron chi connectivity index (χ0n) is 16.2. The summed E-state index contributed by atoms with van der Waals surface area (Å²) in [6, 6.07) is 4.62. The molecule has 0 aromatic heterocycles. The molecule has 0 unspecified atom stereocenters. The molecule has 0 amide bonds. The number of rotatable bonds is 3. The van der Waals surface area contributed by atoms with Gasteiger partial charge < -0.3 is 10.6 Å². The van der Waals surface area contributed by atoms with Crippen LogP contribution in [0.25, 0.3) is 5.57 Å². The van der Waals surface area contributed by atoms with Crippen LogP contribution in [0.5, 0.6) is 0 Å². The fourth-order valence-corrected chi connectivity index (χ4v) is 3.50. The number of benzene rings is 2. The lowest BCUT2D eigenvalue weighted by molar-refractivity contribution is 0.616. The van der Waals surface area contributed by atoms with E-state index in [1.807, 2.05) is 31.9 Å². The van der Waals surface area contributed by atoms with Crippen LogP contribution in [0, 0.1) is 25.5 Å². The summed E-state index contributed by atoms with van der Waals surface area (Å²) in [4.78, 5) is 1.96. The van der Waals surface area contributed by atoms with Gasteiger partial charge in [-0.05, 0) is 73.2 Å². The third-order valence-corrected chi connectivity index (χ3v) is 5.25. The number of allylic oxidation sites excluding steroid dienone is 3. The molecule has 0 atom stereocenters. The number of hydrogen-bond donors (Lipinski definition) is 1. The molecule has 0 aliphatic carbocycles. The first kappa shape index (κ1) is 18.9. The van der Waals surface area contributed by atoms with Crippen molar-refractivity contribution in [2.45, 2.75) is 34.1 Å². The SMILES string of the molecule is C=C(C)C1=CN(c2cc(N)c(F)cc2CC)c2c(cc(F)c(C)c2C)C1=C. The van der Waals surface area contributed by atoms with Crippen molar-refractivity contribution in [3.8, 4) is 0 Å². The summed E-state index contributed by atoms with van der Waals surface area (Å²) >= 11 is 0. The number of fused-ring (bicyclic) bond motifs is 1. The molecule has 1 aliphatic rings. The second kappa shape index (κ2) is 6.69. The maximum atomic E-state index is 14.5. The van der Waals surface area contributed by atoms with Gasteiger partial charge in [-0.15, -0.1) is 0 Å². The largest absolute Gasteiger partial charge is 0.396 e. The summed E-state index contributed by atoms with van der Waals surface area (Å²) in [5.74, 6) is -0.710. The van der Waals surface area contributed by atoms with Gasteiger partial charge in [0.1, 0.15) is 11.6 Å². The van der Waals surface area contributed by atoms with Crippen LogP contribution in [0.4, 0.5) is 25.8 Å². The number of halogens is 2. The van der Waals surface area contributed by atoms with E-state index in [1.54, 1.807) is 13.0 Å². The van der Waals surface area contributed by atoms with Crippen molar-refractivity contribution >= 4 is 22.6 Å². The molecule has 2 aromatic carbocycles. The van der Waals surface area contributed by atoms with Gasteiger partial charge in [0.05, 0.1) is 17.1 Å². The first-order valence-corrected chi connectivity index (χ1v) is 8.91. The maximum Gasteiger partial charge on any atom is 0.146 e. The van der Waals surface area contributed by atoms with E-state index in [-0.39, 0.29) is 11.5 Å². The zero-order valence-corrected chi connectivity index (χ0v) is 16.2. The van der Waals surface area contributed by atoms with Crippen molar-refractivity contribution in [3.63, 3.8) is 0 Å². The molecular weight excluding hydrogens is 342 g/mol. The maximum absolute atomic E-state index is 14.5. The molecule has 27 heavy (non-hydrogen) atoms. The van der Waals surface area contributed by atoms with Crippen molar-refractivity contribution in [2.24, 2.45) is 0 Å². The first-order chi connectivity index (χ1) is 12.7. The molecule has 4 heteroatoms. The van der Waals surface area contributed by atoms with Crippen molar-refractivity contribution in [3.05, 3.63) is 82.6 Å². The van der Waals surface area contributed by atoms with Gasteiger partial charge in [0.2, 0.25) is 0 Å². The second-order valence-corrected chi connectivity index (χ2v) is 7.03. The quantitative estimate of drug-likeness (QED) is 0.641.